The van der Waals surface area contributed by atoms with Crippen LogP contribution in [0, 0.1) is 5.41 Å². The Morgan fingerprint density at radius 3 is 2.64 bits per heavy atom. The van der Waals surface area contributed by atoms with Crippen molar-refractivity contribution in [3.8, 4) is 0 Å². The normalized spacial score (nSPS) is 15.1. The summed E-state index contributed by atoms with van der Waals surface area (Å²) in [6.45, 7) is 0.971. The number of likely N-dealkylation sites (tertiary alicyclic amines) is 1. The standard InChI is InChI=1S/C20H19ClN4O3/c21-15-5-3-14(4-6-15)10-20(19(27)23-11-16-7-9-28-24-16)12-25(13-20)18(26)17-2-1-8-22-17/h1-9,22H,10-13H2,(H,23,27). The molecule has 2 N–H and O–H groups in total. The van der Waals surface area contributed by atoms with Crippen LogP contribution in [0.5, 0.6) is 0 Å². The van der Waals surface area contributed by atoms with Crippen molar-refractivity contribution in [3.05, 3.63) is 76.9 Å². The highest BCUT2D eigenvalue weighted by Crippen LogP contribution is 2.36. The van der Waals surface area contributed by atoms with Gasteiger partial charge in [-0.3, -0.25) is 9.59 Å². The van der Waals surface area contributed by atoms with Crippen LogP contribution in [0.4, 0.5) is 0 Å². The van der Waals surface area contributed by atoms with E-state index in [1.165, 1.54) is 6.26 Å². The number of carbonyl (C=O) groups excluding carboxylic acids is 2. The van der Waals surface area contributed by atoms with Gasteiger partial charge in [-0.15, -0.1) is 0 Å². The monoisotopic (exact) mass is 398 g/mol. The second-order valence-electron chi connectivity index (χ2n) is 7.00. The smallest absolute Gasteiger partial charge is 0.270 e. The Bertz CT molecular complexity index is 946. The van der Waals surface area contributed by atoms with Crippen LogP contribution in [0.2, 0.25) is 5.02 Å². The molecule has 1 aromatic carbocycles. The van der Waals surface area contributed by atoms with E-state index >= 15 is 0 Å². The quantitative estimate of drug-likeness (QED) is 0.667. The topological polar surface area (TPSA) is 91.2 Å². The highest BCUT2D eigenvalue weighted by atomic mass is 35.5. The van der Waals surface area contributed by atoms with Gasteiger partial charge in [-0.1, -0.05) is 28.9 Å². The highest BCUT2D eigenvalue weighted by molar-refractivity contribution is 6.30. The fraction of sp³-hybridized carbons (Fsp3) is 0.250. The molecule has 144 valence electrons. The number of hydrogen-bond donors (Lipinski definition) is 2. The molecule has 1 aliphatic heterocycles. The third kappa shape index (κ3) is 3.66. The molecule has 0 unspecified atom stereocenters. The van der Waals surface area contributed by atoms with Crippen LogP contribution in [0.15, 0.2) is 59.4 Å². The lowest BCUT2D eigenvalue weighted by Gasteiger charge is -2.48. The molecule has 7 nitrogen and oxygen atoms in total. The summed E-state index contributed by atoms with van der Waals surface area (Å²) >= 11 is 5.97. The summed E-state index contributed by atoms with van der Waals surface area (Å²) in [7, 11) is 0. The van der Waals surface area contributed by atoms with Crippen molar-refractivity contribution in [3.63, 3.8) is 0 Å². The minimum absolute atomic E-state index is 0.110. The molecule has 28 heavy (non-hydrogen) atoms. The van der Waals surface area contributed by atoms with Crippen LogP contribution in [0.3, 0.4) is 0 Å². The molecule has 1 aliphatic rings. The number of H-pyrrole nitrogens is 1. The van der Waals surface area contributed by atoms with Crippen LogP contribution in [0.25, 0.3) is 0 Å². The second-order valence-corrected chi connectivity index (χ2v) is 7.44. The van der Waals surface area contributed by atoms with Gasteiger partial charge < -0.3 is 19.7 Å². The molecular formula is C20H19ClN4O3. The number of aromatic amines is 1. The van der Waals surface area contributed by atoms with Gasteiger partial charge in [-0.25, -0.2) is 0 Å². The van der Waals surface area contributed by atoms with Crippen molar-refractivity contribution >= 4 is 23.4 Å². The molecule has 3 aromatic rings. The van der Waals surface area contributed by atoms with Crippen LogP contribution in [-0.2, 0) is 17.8 Å². The fourth-order valence-corrected chi connectivity index (χ4v) is 3.60. The lowest BCUT2D eigenvalue weighted by Crippen LogP contribution is -2.65. The zero-order chi connectivity index (χ0) is 19.6. The third-order valence-corrected chi connectivity index (χ3v) is 5.21. The first kappa shape index (κ1) is 18.3. The number of nitrogens with one attached hydrogen (secondary N) is 2. The van der Waals surface area contributed by atoms with Gasteiger partial charge in [-0.2, -0.15) is 0 Å². The Morgan fingerprint density at radius 2 is 2.00 bits per heavy atom. The van der Waals surface area contributed by atoms with E-state index in [9.17, 15) is 9.59 Å². The fourth-order valence-electron chi connectivity index (χ4n) is 3.48. The largest absolute Gasteiger partial charge is 0.364 e. The molecule has 0 aliphatic carbocycles. The predicted molar refractivity (Wildman–Crippen MR) is 103 cm³/mol. The summed E-state index contributed by atoms with van der Waals surface area (Å²) in [6.07, 6.45) is 3.69. The molecule has 2 amide bonds. The molecule has 8 heteroatoms. The third-order valence-electron chi connectivity index (χ3n) is 4.96. The molecule has 3 heterocycles. The van der Waals surface area contributed by atoms with Crippen molar-refractivity contribution in [2.45, 2.75) is 13.0 Å². The first-order chi connectivity index (χ1) is 13.6. The van der Waals surface area contributed by atoms with E-state index in [1.54, 1.807) is 41.4 Å². The number of carbonyl (C=O) groups is 2. The Labute approximate surface area is 166 Å². The Kier molecular flexibility index (Phi) is 4.92. The van der Waals surface area contributed by atoms with E-state index in [2.05, 4.69) is 15.5 Å². The maximum absolute atomic E-state index is 13.0. The van der Waals surface area contributed by atoms with Gasteiger partial charge in [0, 0.05) is 30.4 Å². The lowest BCUT2D eigenvalue weighted by molar-refractivity contribution is -0.139. The number of amides is 2. The summed E-state index contributed by atoms with van der Waals surface area (Å²) in [5, 5.41) is 7.38. The Morgan fingerprint density at radius 1 is 1.21 bits per heavy atom. The van der Waals surface area contributed by atoms with Crippen molar-refractivity contribution in [2.75, 3.05) is 13.1 Å². The van der Waals surface area contributed by atoms with Gasteiger partial charge >= 0.3 is 0 Å². The van der Waals surface area contributed by atoms with Crippen LogP contribution in [0.1, 0.15) is 21.7 Å². The van der Waals surface area contributed by atoms with Crippen molar-refractivity contribution in [1.82, 2.24) is 20.4 Å². The summed E-state index contributed by atoms with van der Waals surface area (Å²) in [6, 6.07) is 12.6. The zero-order valence-electron chi connectivity index (χ0n) is 15.0. The van der Waals surface area contributed by atoms with E-state index in [1.807, 2.05) is 12.1 Å². The Hall–Kier alpha value is -3.06. The first-order valence-electron chi connectivity index (χ1n) is 8.90. The van der Waals surface area contributed by atoms with Gasteiger partial charge in [0.25, 0.3) is 5.91 Å². The number of nitrogens with zero attached hydrogens (tertiary/aromatic N) is 2. The van der Waals surface area contributed by atoms with Gasteiger partial charge in [0.2, 0.25) is 5.91 Å². The molecule has 2 aromatic heterocycles. The molecule has 0 atom stereocenters. The Balaban J connectivity index is 1.49. The van der Waals surface area contributed by atoms with Gasteiger partial charge in [-0.05, 0) is 36.2 Å². The SMILES string of the molecule is O=C(c1ccc[nH]1)N1CC(Cc2ccc(Cl)cc2)(C(=O)NCc2ccon2)C1. The zero-order valence-corrected chi connectivity index (χ0v) is 15.8. The average Bonchev–Trinajstić information content (AvgIpc) is 3.37. The molecule has 0 radical (unpaired) electrons. The van der Waals surface area contributed by atoms with Crippen molar-refractivity contribution in [1.29, 1.82) is 0 Å². The molecule has 4 rings (SSSR count). The van der Waals surface area contributed by atoms with Gasteiger partial charge in [0.1, 0.15) is 17.7 Å². The van der Waals surface area contributed by atoms with Crippen LogP contribution >= 0.6 is 11.6 Å². The van der Waals surface area contributed by atoms with Crippen LogP contribution < -0.4 is 5.32 Å². The second kappa shape index (κ2) is 7.52. The number of rotatable bonds is 6. The van der Waals surface area contributed by atoms with Crippen molar-refractivity contribution in [2.24, 2.45) is 5.41 Å². The highest BCUT2D eigenvalue weighted by Gasteiger charge is 2.51. The maximum atomic E-state index is 13.0. The minimum Gasteiger partial charge on any atom is -0.364 e. The summed E-state index contributed by atoms with van der Waals surface area (Å²) < 4.78 is 4.80. The van der Waals surface area contributed by atoms with Crippen molar-refractivity contribution < 1.29 is 14.1 Å². The van der Waals surface area contributed by atoms with E-state index < -0.39 is 5.41 Å². The number of benzene rings is 1. The maximum Gasteiger partial charge on any atom is 0.270 e. The predicted octanol–water partition coefficient (Wildman–Crippen LogP) is 2.66. The number of aromatic nitrogens is 2. The number of hydrogen-bond acceptors (Lipinski definition) is 4. The van der Waals surface area contributed by atoms with Gasteiger partial charge in [0.05, 0.1) is 12.0 Å². The lowest BCUT2D eigenvalue weighted by atomic mass is 9.73. The van der Waals surface area contributed by atoms with E-state index in [0.717, 1.165) is 5.56 Å². The van der Waals surface area contributed by atoms with E-state index in [-0.39, 0.29) is 18.4 Å². The molecule has 0 spiro atoms. The summed E-state index contributed by atoms with van der Waals surface area (Å²) in [4.78, 5) is 30.2. The number of halogens is 1. The van der Waals surface area contributed by atoms with E-state index in [4.69, 9.17) is 16.1 Å². The summed E-state index contributed by atoms with van der Waals surface area (Å²) in [5.41, 5.74) is 1.46. The molecule has 1 fully saturated rings. The molecular weight excluding hydrogens is 380 g/mol. The first-order valence-corrected chi connectivity index (χ1v) is 9.28. The molecule has 1 saturated heterocycles. The average molecular weight is 399 g/mol. The minimum atomic E-state index is -0.695. The molecule has 0 saturated carbocycles. The van der Waals surface area contributed by atoms with E-state index in [0.29, 0.717) is 35.9 Å². The molecule has 0 bridgehead atoms. The summed E-state index contributed by atoms with van der Waals surface area (Å²) in [5.74, 6) is -0.220. The van der Waals surface area contributed by atoms with Crippen LogP contribution in [-0.4, -0.2) is 39.9 Å². The van der Waals surface area contributed by atoms with Gasteiger partial charge in [0.15, 0.2) is 0 Å².